The normalized spacial score (nSPS) is 12.3. The SMILES string of the molecule is CC(C)c1ccc(O)c(-c2nc3cc(C(C)(C)C)ccc3o2)c1. The molecule has 1 N–H and O–H groups in total. The largest absolute Gasteiger partial charge is 0.507 e. The average Bonchev–Trinajstić information content (AvgIpc) is 2.89. The van der Waals surface area contributed by atoms with E-state index in [9.17, 15) is 5.11 Å². The molecule has 0 unspecified atom stereocenters. The highest BCUT2D eigenvalue weighted by Crippen LogP contribution is 2.34. The van der Waals surface area contributed by atoms with E-state index in [1.165, 1.54) is 5.56 Å². The van der Waals surface area contributed by atoms with Crippen molar-refractivity contribution in [1.82, 2.24) is 4.98 Å². The fraction of sp³-hybridized carbons (Fsp3) is 0.350. The highest BCUT2D eigenvalue weighted by Gasteiger charge is 2.18. The van der Waals surface area contributed by atoms with Gasteiger partial charge in [-0.15, -0.1) is 0 Å². The molecule has 1 heterocycles. The molecule has 0 aliphatic heterocycles. The number of hydrogen-bond donors (Lipinski definition) is 1. The van der Waals surface area contributed by atoms with Gasteiger partial charge in [0.25, 0.3) is 0 Å². The van der Waals surface area contributed by atoms with Crippen LogP contribution in [0.4, 0.5) is 0 Å². The first-order valence-corrected chi connectivity index (χ1v) is 8.00. The standard InChI is InChI=1S/C20H23NO2/c1-12(2)13-6-8-17(22)15(10-13)19-21-16-11-14(20(3,4)5)7-9-18(16)23-19/h6-12,22H,1-5H3. The first kappa shape index (κ1) is 15.6. The van der Waals surface area contributed by atoms with E-state index in [0.29, 0.717) is 17.4 Å². The summed E-state index contributed by atoms with van der Waals surface area (Å²) in [5.41, 5.74) is 4.63. The van der Waals surface area contributed by atoms with Gasteiger partial charge in [0.2, 0.25) is 5.89 Å². The van der Waals surface area contributed by atoms with Crippen molar-refractivity contribution in [3.63, 3.8) is 0 Å². The minimum absolute atomic E-state index is 0.0625. The van der Waals surface area contributed by atoms with Gasteiger partial charge in [0.05, 0.1) is 5.56 Å². The van der Waals surface area contributed by atoms with E-state index in [1.54, 1.807) is 6.07 Å². The van der Waals surface area contributed by atoms with E-state index < -0.39 is 0 Å². The van der Waals surface area contributed by atoms with Crippen LogP contribution in [0.3, 0.4) is 0 Å². The Morgan fingerprint density at radius 2 is 1.78 bits per heavy atom. The van der Waals surface area contributed by atoms with Gasteiger partial charge in [0.15, 0.2) is 5.58 Å². The third-order valence-corrected chi connectivity index (χ3v) is 4.17. The summed E-state index contributed by atoms with van der Waals surface area (Å²) in [6.45, 7) is 10.8. The van der Waals surface area contributed by atoms with E-state index in [2.05, 4.69) is 51.7 Å². The Bertz CT molecular complexity index is 854. The molecule has 3 heteroatoms. The van der Waals surface area contributed by atoms with Gasteiger partial charge >= 0.3 is 0 Å². The van der Waals surface area contributed by atoms with Crippen LogP contribution in [0.2, 0.25) is 0 Å². The second-order valence-electron chi connectivity index (χ2n) is 7.38. The van der Waals surface area contributed by atoms with Crippen LogP contribution in [0.15, 0.2) is 40.8 Å². The lowest BCUT2D eigenvalue weighted by Crippen LogP contribution is -2.10. The molecular formula is C20H23NO2. The number of oxazole rings is 1. The zero-order chi connectivity index (χ0) is 16.8. The van der Waals surface area contributed by atoms with E-state index >= 15 is 0 Å². The molecule has 2 aromatic carbocycles. The lowest BCUT2D eigenvalue weighted by Gasteiger charge is -2.18. The Morgan fingerprint density at radius 3 is 2.43 bits per heavy atom. The number of phenols is 1. The summed E-state index contributed by atoms with van der Waals surface area (Å²) < 4.78 is 5.87. The molecule has 0 aliphatic rings. The van der Waals surface area contributed by atoms with Crippen LogP contribution in [0.5, 0.6) is 5.75 Å². The predicted molar refractivity (Wildman–Crippen MR) is 93.9 cm³/mol. The Hall–Kier alpha value is -2.29. The molecule has 0 aliphatic carbocycles. The summed E-state index contributed by atoms with van der Waals surface area (Å²) in [6, 6.07) is 11.7. The van der Waals surface area contributed by atoms with Crippen LogP contribution in [0, 0.1) is 0 Å². The summed E-state index contributed by atoms with van der Waals surface area (Å²) in [5.74, 6) is 1.04. The van der Waals surface area contributed by atoms with Crippen molar-refractivity contribution in [2.75, 3.05) is 0 Å². The molecule has 0 saturated heterocycles. The van der Waals surface area contributed by atoms with Crippen LogP contribution >= 0.6 is 0 Å². The maximum absolute atomic E-state index is 10.2. The zero-order valence-corrected chi connectivity index (χ0v) is 14.3. The minimum Gasteiger partial charge on any atom is -0.507 e. The van der Waals surface area contributed by atoms with E-state index in [4.69, 9.17) is 4.42 Å². The molecule has 3 rings (SSSR count). The summed E-state index contributed by atoms with van der Waals surface area (Å²) in [7, 11) is 0. The molecule has 120 valence electrons. The van der Waals surface area contributed by atoms with Gasteiger partial charge in [-0.25, -0.2) is 4.98 Å². The van der Waals surface area contributed by atoms with E-state index in [-0.39, 0.29) is 11.2 Å². The highest BCUT2D eigenvalue weighted by molar-refractivity contribution is 5.78. The molecule has 0 radical (unpaired) electrons. The Balaban J connectivity index is 2.12. The van der Waals surface area contributed by atoms with Gasteiger partial charge < -0.3 is 9.52 Å². The average molecular weight is 309 g/mol. The maximum atomic E-state index is 10.2. The number of hydrogen-bond acceptors (Lipinski definition) is 3. The summed E-state index contributed by atoms with van der Waals surface area (Å²) >= 11 is 0. The predicted octanol–water partition coefficient (Wildman–Crippen LogP) is 5.62. The van der Waals surface area contributed by atoms with Crippen LogP contribution in [-0.4, -0.2) is 10.1 Å². The number of nitrogens with zero attached hydrogens (tertiary/aromatic N) is 1. The van der Waals surface area contributed by atoms with Crippen molar-refractivity contribution in [2.24, 2.45) is 0 Å². The topological polar surface area (TPSA) is 46.3 Å². The van der Waals surface area contributed by atoms with Gasteiger partial charge in [-0.3, -0.25) is 0 Å². The van der Waals surface area contributed by atoms with Gasteiger partial charge in [-0.2, -0.15) is 0 Å². The fourth-order valence-electron chi connectivity index (χ4n) is 2.59. The van der Waals surface area contributed by atoms with E-state index in [0.717, 1.165) is 16.7 Å². The van der Waals surface area contributed by atoms with Crippen LogP contribution in [-0.2, 0) is 5.41 Å². The van der Waals surface area contributed by atoms with E-state index in [1.807, 2.05) is 18.2 Å². The molecular weight excluding hydrogens is 286 g/mol. The number of benzene rings is 2. The van der Waals surface area contributed by atoms with Crippen molar-refractivity contribution in [1.29, 1.82) is 0 Å². The molecule has 3 nitrogen and oxygen atoms in total. The molecule has 1 aromatic heterocycles. The van der Waals surface area contributed by atoms with Crippen LogP contribution in [0.25, 0.3) is 22.6 Å². The zero-order valence-electron chi connectivity index (χ0n) is 14.3. The van der Waals surface area contributed by atoms with Gasteiger partial charge in [-0.05, 0) is 46.7 Å². The monoisotopic (exact) mass is 309 g/mol. The second-order valence-corrected chi connectivity index (χ2v) is 7.38. The molecule has 0 saturated carbocycles. The molecule has 23 heavy (non-hydrogen) atoms. The smallest absolute Gasteiger partial charge is 0.231 e. The lowest BCUT2D eigenvalue weighted by atomic mass is 9.87. The van der Waals surface area contributed by atoms with Crippen LogP contribution in [0.1, 0.15) is 51.7 Å². The number of fused-ring (bicyclic) bond motifs is 1. The number of aromatic hydroxyl groups is 1. The number of phenolic OH excluding ortho intramolecular Hbond substituents is 1. The van der Waals surface area contributed by atoms with Crippen molar-refractivity contribution in [3.8, 4) is 17.2 Å². The fourth-order valence-corrected chi connectivity index (χ4v) is 2.59. The summed E-state index contributed by atoms with van der Waals surface area (Å²) in [5, 5.41) is 10.2. The molecule has 0 atom stereocenters. The van der Waals surface area contributed by atoms with Gasteiger partial charge in [0.1, 0.15) is 11.3 Å². The summed E-state index contributed by atoms with van der Waals surface area (Å²) in [4.78, 5) is 4.59. The highest BCUT2D eigenvalue weighted by atomic mass is 16.3. The summed E-state index contributed by atoms with van der Waals surface area (Å²) in [6.07, 6.45) is 0. The first-order chi connectivity index (χ1) is 10.8. The van der Waals surface area contributed by atoms with Gasteiger partial charge in [-0.1, -0.05) is 46.8 Å². The molecule has 0 bridgehead atoms. The number of rotatable bonds is 2. The van der Waals surface area contributed by atoms with Crippen molar-refractivity contribution < 1.29 is 9.52 Å². The van der Waals surface area contributed by atoms with Crippen molar-refractivity contribution >= 4 is 11.1 Å². The number of aromatic nitrogens is 1. The second kappa shape index (κ2) is 5.41. The lowest BCUT2D eigenvalue weighted by molar-refractivity contribution is 0.473. The van der Waals surface area contributed by atoms with Crippen molar-refractivity contribution in [2.45, 2.75) is 46.0 Å². The molecule has 0 spiro atoms. The van der Waals surface area contributed by atoms with Crippen LogP contribution < -0.4 is 0 Å². The molecule has 3 aromatic rings. The molecule has 0 amide bonds. The van der Waals surface area contributed by atoms with Crippen molar-refractivity contribution in [3.05, 3.63) is 47.5 Å². The third kappa shape index (κ3) is 2.96. The van der Waals surface area contributed by atoms with Gasteiger partial charge in [0, 0.05) is 0 Å². The Kier molecular flexibility index (Phi) is 3.67. The minimum atomic E-state index is 0.0625. The molecule has 0 fully saturated rings. The first-order valence-electron chi connectivity index (χ1n) is 8.00. The Labute approximate surface area is 137 Å². The Morgan fingerprint density at radius 1 is 1.04 bits per heavy atom. The third-order valence-electron chi connectivity index (χ3n) is 4.17. The quantitative estimate of drug-likeness (QED) is 0.668. The maximum Gasteiger partial charge on any atom is 0.231 e.